The van der Waals surface area contributed by atoms with E-state index >= 15 is 0 Å². The van der Waals surface area contributed by atoms with Gasteiger partial charge in [-0.25, -0.2) is 4.98 Å². The molecule has 1 N–H and O–H groups in total. The first-order valence-electron chi connectivity index (χ1n) is 12.0. The highest BCUT2D eigenvalue weighted by molar-refractivity contribution is 6.13. The van der Waals surface area contributed by atoms with Crippen molar-refractivity contribution in [1.82, 2.24) is 10.1 Å². The number of aromatic nitrogens is 2. The zero-order valence-electron chi connectivity index (χ0n) is 20.7. The maximum absolute atomic E-state index is 13.4. The molecular formula is C29H24N4O4. The first-order valence-corrected chi connectivity index (χ1v) is 12.0. The van der Waals surface area contributed by atoms with Crippen molar-refractivity contribution in [1.29, 1.82) is 0 Å². The van der Waals surface area contributed by atoms with Crippen LogP contribution < -0.4 is 10.2 Å². The molecule has 1 aliphatic rings. The van der Waals surface area contributed by atoms with Crippen LogP contribution in [0.4, 0.5) is 11.4 Å². The molecule has 4 heterocycles. The predicted molar refractivity (Wildman–Crippen MR) is 140 cm³/mol. The van der Waals surface area contributed by atoms with E-state index in [1.54, 1.807) is 42.2 Å². The fourth-order valence-electron chi connectivity index (χ4n) is 4.90. The van der Waals surface area contributed by atoms with Gasteiger partial charge in [0.1, 0.15) is 11.5 Å². The van der Waals surface area contributed by atoms with Crippen LogP contribution in [0.3, 0.4) is 0 Å². The number of rotatable bonds is 4. The normalized spacial score (nSPS) is 12.7. The number of anilines is 2. The third-order valence-electron chi connectivity index (χ3n) is 6.70. The summed E-state index contributed by atoms with van der Waals surface area (Å²) >= 11 is 0. The van der Waals surface area contributed by atoms with Crippen LogP contribution in [-0.4, -0.2) is 28.5 Å². The second-order valence-corrected chi connectivity index (χ2v) is 9.20. The first kappa shape index (κ1) is 22.7. The van der Waals surface area contributed by atoms with Crippen molar-refractivity contribution in [3.05, 3.63) is 94.6 Å². The molecule has 184 valence electrons. The fourth-order valence-corrected chi connectivity index (χ4v) is 4.90. The maximum atomic E-state index is 13.4. The minimum atomic E-state index is -0.328. The Morgan fingerprint density at radius 1 is 1.00 bits per heavy atom. The third-order valence-corrected chi connectivity index (χ3v) is 6.70. The molecule has 1 aliphatic heterocycles. The molecule has 5 aromatic rings. The number of benzene rings is 2. The van der Waals surface area contributed by atoms with Crippen LogP contribution in [0.2, 0.25) is 0 Å². The van der Waals surface area contributed by atoms with E-state index in [1.807, 2.05) is 38.1 Å². The van der Waals surface area contributed by atoms with Crippen molar-refractivity contribution >= 4 is 34.3 Å². The molecule has 0 saturated heterocycles. The number of carbonyl (C=O) groups is 2. The van der Waals surface area contributed by atoms with Gasteiger partial charge in [-0.3, -0.25) is 9.59 Å². The molecule has 0 unspecified atom stereocenters. The molecule has 2 aromatic carbocycles. The molecule has 0 aliphatic carbocycles. The number of furan rings is 1. The van der Waals surface area contributed by atoms with Gasteiger partial charge in [0.05, 0.1) is 22.3 Å². The van der Waals surface area contributed by atoms with Gasteiger partial charge >= 0.3 is 0 Å². The molecule has 0 bridgehead atoms. The van der Waals surface area contributed by atoms with Gasteiger partial charge < -0.3 is 19.2 Å². The Bertz CT molecular complexity index is 1680. The number of hydrogen-bond donors (Lipinski definition) is 1. The lowest BCUT2D eigenvalue weighted by Gasteiger charge is -2.17. The fraction of sp³-hybridized carbons (Fsp3) is 0.172. The minimum Gasteiger partial charge on any atom is -0.466 e. The monoisotopic (exact) mass is 492 g/mol. The van der Waals surface area contributed by atoms with Gasteiger partial charge in [-0.05, 0) is 75.2 Å². The van der Waals surface area contributed by atoms with Gasteiger partial charge in [0, 0.05) is 29.0 Å². The second-order valence-electron chi connectivity index (χ2n) is 9.20. The van der Waals surface area contributed by atoms with Crippen molar-refractivity contribution < 1.29 is 18.5 Å². The predicted octanol–water partition coefficient (Wildman–Crippen LogP) is 5.86. The Morgan fingerprint density at radius 3 is 2.54 bits per heavy atom. The van der Waals surface area contributed by atoms with Gasteiger partial charge in [-0.1, -0.05) is 23.4 Å². The summed E-state index contributed by atoms with van der Waals surface area (Å²) < 4.78 is 11.1. The van der Waals surface area contributed by atoms with Crippen LogP contribution in [0.25, 0.3) is 22.4 Å². The minimum absolute atomic E-state index is 0.0609. The molecule has 2 amide bonds. The zero-order chi connectivity index (χ0) is 25.7. The van der Waals surface area contributed by atoms with Crippen molar-refractivity contribution in [2.45, 2.75) is 27.2 Å². The van der Waals surface area contributed by atoms with Crippen LogP contribution >= 0.6 is 0 Å². The molecule has 37 heavy (non-hydrogen) atoms. The number of nitrogens with one attached hydrogen (secondary N) is 1. The van der Waals surface area contributed by atoms with Crippen LogP contribution in [-0.2, 0) is 6.42 Å². The Balaban J connectivity index is 1.27. The van der Waals surface area contributed by atoms with E-state index in [4.69, 9.17) is 8.94 Å². The molecule has 6 rings (SSSR count). The highest BCUT2D eigenvalue weighted by Crippen LogP contribution is 2.32. The molecule has 0 atom stereocenters. The average molecular weight is 493 g/mol. The number of aryl methyl sites for hydroxylation is 3. The Morgan fingerprint density at radius 2 is 1.78 bits per heavy atom. The van der Waals surface area contributed by atoms with E-state index in [-0.39, 0.29) is 17.5 Å². The largest absolute Gasteiger partial charge is 0.466 e. The topological polar surface area (TPSA) is 101 Å². The van der Waals surface area contributed by atoms with Gasteiger partial charge in [0.2, 0.25) is 0 Å². The van der Waals surface area contributed by atoms with E-state index in [0.29, 0.717) is 45.9 Å². The third kappa shape index (κ3) is 3.96. The molecule has 8 heteroatoms. The zero-order valence-corrected chi connectivity index (χ0v) is 20.7. The van der Waals surface area contributed by atoms with Crippen molar-refractivity contribution in [3.63, 3.8) is 0 Å². The molecular weight excluding hydrogens is 468 g/mol. The second kappa shape index (κ2) is 8.74. The number of carbonyl (C=O) groups excluding carboxylic acids is 2. The molecule has 0 fully saturated rings. The number of fused-ring (bicyclic) bond motifs is 2. The highest BCUT2D eigenvalue weighted by Gasteiger charge is 2.25. The number of nitrogens with zero attached hydrogens (tertiary/aromatic N) is 3. The Kier molecular flexibility index (Phi) is 5.37. The van der Waals surface area contributed by atoms with Crippen molar-refractivity contribution in [3.8, 4) is 11.3 Å². The van der Waals surface area contributed by atoms with Crippen molar-refractivity contribution in [2.24, 2.45) is 0 Å². The van der Waals surface area contributed by atoms with E-state index in [2.05, 4.69) is 21.5 Å². The smallest absolute Gasteiger partial charge is 0.259 e. The number of para-hydroxylation sites is 1. The number of amides is 2. The van der Waals surface area contributed by atoms with E-state index in [9.17, 15) is 9.59 Å². The molecule has 0 saturated carbocycles. The maximum Gasteiger partial charge on any atom is 0.259 e. The number of hydrogen-bond acceptors (Lipinski definition) is 6. The van der Waals surface area contributed by atoms with Crippen LogP contribution in [0.1, 0.15) is 43.5 Å². The van der Waals surface area contributed by atoms with E-state index in [1.165, 1.54) is 5.56 Å². The first-order chi connectivity index (χ1) is 17.9. The standard InChI is InChI=1S/C29H24N4O4/c1-16-14-22(18(3)36-16)24-15-23(26-17(2)32-37-28(26)31-24)27(34)30-21-10-8-20(9-11-21)29(35)33-13-12-19-6-4-5-7-25(19)33/h4-11,14-15H,12-13H2,1-3H3,(H,30,34). The SMILES string of the molecule is Cc1cc(-c2cc(C(=O)Nc3ccc(C(=O)N4CCc5ccccc54)cc3)c3c(C)noc3n2)c(C)o1. The summed E-state index contributed by atoms with van der Waals surface area (Å²) in [6, 6.07) is 18.5. The number of pyridine rings is 1. The molecule has 8 nitrogen and oxygen atoms in total. The van der Waals surface area contributed by atoms with Gasteiger partial charge in [-0.2, -0.15) is 0 Å². The van der Waals surface area contributed by atoms with Crippen molar-refractivity contribution in [2.75, 3.05) is 16.8 Å². The highest BCUT2D eigenvalue weighted by atomic mass is 16.5. The summed E-state index contributed by atoms with van der Waals surface area (Å²) in [7, 11) is 0. The molecule has 3 aromatic heterocycles. The summed E-state index contributed by atoms with van der Waals surface area (Å²) in [4.78, 5) is 32.9. The molecule has 0 spiro atoms. The van der Waals surface area contributed by atoms with Gasteiger partial charge in [0.15, 0.2) is 0 Å². The van der Waals surface area contributed by atoms with E-state index in [0.717, 1.165) is 23.4 Å². The average Bonchev–Trinajstić information content (AvgIpc) is 3.60. The lowest BCUT2D eigenvalue weighted by Crippen LogP contribution is -2.28. The van der Waals surface area contributed by atoms with Crippen LogP contribution in [0.15, 0.2) is 69.6 Å². The van der Waals surface area contributed by atoms with Crippen LogP contribution in [0.5, 0.6) is 0 Å². The summed E-state index contributed by atoms with van der Waals surface area (Å²) in [5.74, 6) is 1.06. The Hall–Kier alpha value is -4.72. The van der Waals surface area contributed by atoms with E-state index < -0.39 is 0 Å². The quantitative estimate of drug-likeness (QED) is 0.337. The molecule has 0 radical (unpaired) electrons. The van der Waals surface area contributed by atoms with Gasteiger partial charge in [0.25, 0.3) is 17.5 Å². The lowest BCUT2D eigenvalue weighted by molar-refractivity contribution is 0.0988. The van der Waals surface area contributed by atoms with Gasteiger partial charge in [-0.15, -0.1) is 0 Å². The lowest BCUT2D eigenvalue weighted by atomic mass is 10.1. The summed E-state index contributed by atoms with van der Waals surface area (Å²) in [6.07, 6.45) is 0.846. The van der Waals surface area contributed by atoms with Crippen LogP contribution in [0, 0.1) is 20.8 Å². The summed E-state index contributed by atoms with van der Waals surface area (Å²) in [5, 5.41) is 7.50. The summed E-state index contributed by atoms with van der Waals surface area (Å²) in [5.41, 5.74) is 5.86. The Labute approximate surface area is 212 Å². The summed E-state index contributed by atoms with van der Waals surface area (Å²) in [6.45, 7) is 6.14.